The second kappa shape index (κ2) is 5.75. The number of phenolic OH excluding ortho intramolecular Hbond substituents is 1. The van der Waals surface area contributed by atoms with Gasteiger partial charge in [0.05, 0.1) is 5.60 Å². The highest BCUT2D eigenvalue weighted by Crippen LogP contribution is 2.39. The molecule has 0 atom stereocenters. The van der Waals surface area contributed by atoms with E-state index in [1.54, 1.807) is 12.1 Å². The first-order chi connectivity index (χ1) is 12.0. The lowest BCUT2D eigenvalue weighted by atomic mass is 9.77. The standard InChI is InChI=1S/C20H21N3O2/c1-3-12-7-8-16(17(24)9-12)18-14-5-4-6-15(14)19(23-22-18)21-13-10-20(2,25)11-13/h1,7-9,13,24-25H,4-6,10-11H2,2H3,(H,21,23)/t13-,20+. The molecule has 0 radical (unpaired) electrons. The van der Waals surface area contributed by atoms with Gasteiger partial charge in [0.1, 0.15) is 11.4 Å². The van der Waals surface area contributed by atoms with E-state index in [1.165, 1.54) is 5.56 Å². The fraction of sp³-hybridized carbons (Fsp3) is 0.400. The third kappa shape index (κ3) is 2.83. The average Bonchev–Trinajstić information content (AvgIpc) is 3.04. The topological polar surface area (TPSA) is 78.3 Å². The molecule has 128 valence electrons. The van der Waals surface area contributed by atoms with Crippen molar-refractivity contribution in [2.24, 2.45) is 0 Å². The lowest BCUT2D eigenvalue weighted by molar-refractivity contribution is -0.0235. The van der Waals surface area contributed by atoms with Crippen molar-refractivity contribution < 1.29 is 10.2 Å². The minimum atomic E-state index is -0.571. The number of benzene rings is 1. The summed E-state index contributed by atoms with van der Waals surface area (Å²) in [4.78, 5) is 0. The summed E-state index contributed by atoms with van der Waals surface area (Å²) >= 11 is 0. The van der Waals surface area contributed by atoms with E-state index in [-0.39, 0.29) is 11.8 Å². The summed E-state index contributed by atoms with van der Waals surface area (Å²) in [6, 6.07) is 5.44. The Hall–Kier alpha value is -2.58. The normalized spacial score (nSPS) is 24.3. The molecular formula is C20H21N3O2. The Morgan fingerprint density at radius 1 is 1.24 bits per heavy atom. The highest BCUT2D eigenvalue weighted by molar-refractivity contribution is 5.74. The molecule has 3 N–H and O–H groups in total. The molecule has 0 saturated heterocycles. The van der Waals surface area contributed by atoms with Gasteiger partial charge in [0.15, 0.2) is 5.82 Å². The number of rotatable bonds is 3. The summed E-state index contributed by atoms with van der Waals surface area (Å²) in [5, 5.41) is 32.4. The molecule has 1 aromatic carbocycles. The van der Waals surface area contributed by atoms with Crippen LogP contribution >= 0.6 is 0 Å². The van der Waals surface area contributed by atoms with Crippen molar-refractivity contribution in [1.82, 2.24) is 10.2 Å². The molecule has 1 saturated carbocycles. The number of nitrogens with zero attached hydrogens (tertiary/aromatic N) is 2. The van der Waals surface area contributed by atoms with Gasteiger partial charge in [-0.05, 0) is 62.8 Å². The zero-order valence-corrected chi connectivity index (χ0v) is 14.2. The summed E-state index contributed by atoms with van der Waals surface area (Å²) in [7, 11) is 0. The quantitative estimate of drug-likeness (QED) is 0.752. The van der Waals surface area contributed by atoms with Crippen LogP contribution < -0.4 is 5.32 Å². The molecular weight excluding hydrogens is 314 g/mol. The number of aromatic hydroxyl groups is 1. The van der Waals surface area contributed by atoms with E-state index in [0.717, 1.165) is 49.2 Å². The van der Waals surface area contributed by atoms with Gasteiger partial charge in [-0.25, -0.2) is 0 Å². The molecule has 4 rings (SSSR count). The Morgan fingerprint density at radius 2 is 2.00 bits per heavy atom. The molecule has 0 unspecified atom stereocenters. The van der Waals surface area contributed by atoms with Crippen LogP contribution in [0.3, 0.4) is 0 Å². The van der Waals surface area contributed by atoms with E-state index in [1.807, 2.05) is 13.0 Å². The van der Waals surface area contributed by atoms with Crippen LogP contribution in [0.4, 0.5) is 5.82 Å². The van der Waals surface area contributed by atoms with Crippen molar-refractivity contribution in [1.29, 1.82) is 0 Å². The number of aliphatic hydroxyl groups is 1. The molecule has 2 aliphatic carbocycles. The number of hydrogen-bond donors (Lipinski definition) is 3. The van der Waals surface area contributed by atoms with Gasteiger partial charge in [0.25, 0.3) is 0 Å². The maximum Gasteiger partial charge on any atom is 0.152 e. The van der Waals surface area contributed by atoms with Crippen molar-refractivity contribution >= 4 is 5.82 Å². The van der Waals surface area contributed by atoms with Crippen LogP contribution in [0, 0.1) is 12.3 Å². The van der Waals surface area contributed by atoms with E-state index in [2.05, 4.69) is 21.4 Å². The first-order valence-electron chi connectivity index (χ1n) is 8.64. The average molecular weight is 335 g/mol. The van der Waals surface area contributed by atoms with E-state index in [4.69, 9.17) is 6.42 Å². The largest absolute Gasteiger partial charge is 0.507 e. The van der Waals surface area contributed by atoms with Crippen LogP contribution in [-0.2, 0) is 12.8 Å². The minimum absolute atomic E-state index is 0.134. The van der Waals surface area contributed by atoms with Gasteiger partial charge >= 0.3 is 0 Å². The predicted molar refractivity (Wildman–Crippen MR) is 96.4 cm³/mol. The van der Waals surface area contributed by atoms with Gasteiger partial charge in [0, 0.05) is 22.7 Å². The summed E-state index contributed by atoms with van der Waals surface area (Å²) in [5.41, 5.74) is 3.80. The molecule has 0 bridgehead atoms. The fourth-order valence-electron chi connectivity index (χ4n) is 3.94. The van der Waals surface area contributed by atoms with Gasteiger partial charge in [-0.2, -0.15) is 0 Å². The first kappa shape index (κ1) is 15.9. The highest BCUT2D eigenvalue weighted by atomic mass is 16.3. The second-order valence-electron chi connectivity index (χ2n) is 7.33. The van der Waals surface area contributed by atoms with E-state index >= 15 is 0 Å². The maximum atomic E-state index is 10.3. The molecule has 25 heavy (non-hydrogen) atoms. The summed E-state index contributed by atoms with van der Waals surface area (Å²) in [6.45, 7) is 1.85. The lowest BCUT2D eigenvalue weighted by Gasteiger charge is -2.41. The molecule has 5 nitrogen and oxygen atoms in total. The number of aromatic nitrogens is 2. The van der Waals surface area contributed by atoms with Crippen molar-refractivity contribution in [3.8, 4) is 29.4 Å². The van der Waals surface area contributed by atoms with Crippen LogP contribution in [0.2, 0.25) is 0 Å². The number of fused-ring (bicyclic) bond motifs is 1. The molecule has 1 fully saturated rings. The van der Waals surface area contributed by atoms with Crippen molar-refractivity contribution in [3.63, 3.8) is 0 Å². The fourth-order valence-corrected chi connectivity index (χ4v) is 3.94. The van der Waals surface area contributed by atoms with Crippen LogP contribution in [-0.4, -0.2) is 32.1 Å². The van der Waals surface area contributed by atoms with Crippen LogP contribution in [0.1, 0.15) is 42.9 Å². The minimum Gasteiger partial charge on any atom is -0.507 e. The summed E-state index contributed by atoms with van der Waals surface area (Å²) in [6.07, 6.45) is 9.76. The van der Waals surface area contributed by atoms with E-state index in [9.17, 15) is 10.2 Å². The number of anilines is 1. The Morgan fingerprint density at radius 3 is 2.68 bits per heavy atom. The summed E-state index contributed by atoms with van der Waals surface area (Å²) < 4.78 is 0. The Bertz CT molecular complexity index is 875. The number of terminal acetylenes is 1. The van der Waals surface area contributed by atoms with Crippen molar-refractivity contribution in [2.75, 3.05) is 5.32 Å². The van der Waals surface area contributed by atoms with Crippen molar-refractivity contribution in [3.05, 3.63) is 34.9 Å². The smallest absolute Gasteiger partial charge is 0.152 e. The predicted octanol–water partition coefficient (Wildman–Crippen LogP) is 2.64. The third-order valence-corrected chi connectivity index (χ3v) is 5.17. The first-order valence-corrected chi connectivity index (χ1v) is 8.64. The summed E-state index contributed by atoms with van der Waals surface area (Å²) in [5.74, 6) is 3.47. The Kier molecular flexibility index (Phi) is 3.66. The molecule has 0 spiro atoms. The SMILES string of the molecule is C#Cc1ccc(-c2nnc(N[C@H]3C[C@@](C)(O)C3)c3c2CCC3)c(O)c1. The van der Waals surface area contributed by atoms with Gasteiger partial charge in [-0.3, -0.25) is 0 Å². The molecule has 0 amide bonds. The number of phenols is 1. The van der Waals surface area contributed by atoms with Crippen molar-refractivity contribution in [2.45, 2.75) is 50.7 Å². The van der Waals surface area contributed by atoms with E-state index < -0.39 is 5.60 Å². The molecule has 1 aromatic heterocycles. The van der Waals surface area contributed by atoms with Crippen LogP contribution in [0.15, 0.2) is 18.2 Å². The monoisotopic (exact) mass is 335 g/mol. The number of hydrogen-bond acceptors (Lipinski definition) is 5. The molecule has 5 heteroatoms. The van der Waals surface area contributed by atoms with Crippen LogP contribution in [0.25, 0.3) is 11.3 Å². The molecule has 2 aromatic rings. The zero-order valence-electron chi connectivity index (χ0n) is 14.2. The van der Waals surface area contributed by atoms with Gasteiger partial charge in [-0.1, -0.05) is 5.92 Å². The number of nitrogens with one attached hydrogen (secondary N) is 1. The zero-order chi connectivity index (χ0) is 17.6. The molecule has 1 heterocycles. The van der Waals surface area contributed by atoms with Gasteiger partial charge in [0.2, 0.25) is 0 Å². The highest BCUT2D eigenvalue weighted by Gasteiger charge is 2.39. The second-order valence-corrected chi connectivity index (χ2v) is 7.33. The Labute approximate surface area is 147 Å². The third-order valence-electron chi connectivity index (χ3n) is 5.17. The maximum absolute atomic E-state index is 10.3. The van der Waals surface area contributed by atoms with Gasteiger partial charge in [-0.15, -0.1) is 16.6 Å². The Balaban J connectivity index is 1.68. The van der Waals surface area contributed by atoms with E-state index in [0.29, 0.717) is 11.1 Å². The van der Waals surface area contributed by atoms with Gasteiger partial charge < -0.3 is 15.5 Å². The molecule has 2 aliphatic rings. The van der Waals surface area contributed by atoms with Crippen LogP contribution in [0.5, 0.6) is 5.75 Å². The lowest BCUT2D eigenvalue weighted by Crippen LogP contribution is -2.48. The molecule has 0 aliphatic heterocycles.